The van der Waals surface area contributed by atoms with Crippen molar-refractivity contribution in [2.24, 2.45) is 0 Å². The summed E-state index contributed by atoms with van der Waals surface area (Å²) >= 11 is 5.88. The number of nitrogens with zero attached hydrogens (tertiary/aromatic N) is 2. The summed E-state index contributed by atoms with van der Waals surface area (Å²) in [5.41, 5.74) is 0.557. The van der Waals surface area contributed by atoms with E-state index in [0.717, 1.165) is 4.90 Å². The van der Waals surface area contributed by atoms with E-state index in [0.29, 0.717) is 14.9 Å². The summed E-state index contributed by atoms with van der Waals surface area (Å²) in [6.45, 7) is -0.349. The molecular formula is C22H17ClN2O5S. The summed E-state index contributed by atoms with van der Waals surface area (Å²) in [7, 11) is -2.84. The number of carbonyl (C=O) groups is 2. The number of carbonyl (C=O) groups excluding carboxylic acids is 2. The molecule has 0 atom stereocenters. The molecule has 0 radical (unpaired) electrons. The number of ether oxygens (including phenoxy) is 1. The SMILES string of the molecule is COc1ccccc1N1C(=O)N(CC(=O)c2ccc(Cl)cc2)c2ccccc2S1(=O)=O. The smallest absolute Gasteiger partial charge is 0.343 e. The highest BCUT2D eigenvalue weighted by Gasteiger charge is 2.44. The van der Waals surface area contributed by atoms with Crippen LogP contribution in [0.4, 0.5) is 16.2 Å². The van der Waals surface area contributed by atoms with Gasteiger partial charge < -0.3 is 4.74 Å². The van der Waals surface area contributed by atoms with Crippen LogP contribution in [0.5, 0.6) is 5.75 Å². The molecule has 0 aromatic heterocycles. The molecule has 0 bridgehead atoms. The van der Waals surface area contributed by atoms with Gasteiger partial charge in [-0.3, -0.25) is 9.69 Å². The van der Waals surface area contributed by atoms with Crippen LogP contribution in [0.2, 0.25) is 5.02 Å². The molecule has 0 saturated heterocycles. The fourth-order valence-corrected chi connectivity index (χ4v) is 5.10. The van der Waals surface area contributed by atoms with Crippen LogP contribution in [0.15, 0.2) is 77.7 Å². The minimum Gasteiger partial charge on any atom is -0.495 e. The van der Waals surface area contributed by atoms with Crippen LogP contribution >= 0.6 is 11.6 Å². The molecule has 158 valence electrons. The van der Waals surface area contributed by atoms with Crippen molar-refractivity contribution in [1.29, 1.82) is 0 Å². The molecule has 1 aliphatic rings. The zero-order valence-electron chi connectivity index (χ0n) is 16.4. The van der Waals surface area contributed by atoms with Crippen LogP contribution in [-0.2, 0) is 10.0 Å². The Balaban J connectivity index is 1.83. The number of hydrogen-bond acceptors (Lipinski definition) is 5. The highest BCUT2D eigenvalue weighted by atomic mass is 35.5. The molecule has 3 aromatic carbocycles. The monoisotopic (exact) mass is 456 g/mol. The first-order valence-corrected chi connectivity index (χ1v) is 11.0. The van der Waals surface area contributed by atoms with Crippen LogP contribution in [-0.4, -0.2) is 33.9 Å². The number of fused-ring (bicyclic) bond motifs is 1. The number of halogens is 1. The molecule has 0 fully saturated rings. The Kier molecular flexibility index (Phi) is 5.43. The fourth-order valence-electron chi connectivity index (χ4n) is 3.37. The van der Waals surface area contributed by atoms with E-state index >= 15 is 0 Å². The number of anilines is 2. The zero-order chi connectivity index (χ0) is 22.2. The summed E-state index contributed by atoms with van der Waals surface area (Å²) in [5, 5.41) is 0.476. The van der Waals surface area contributed by atoms with Crippen LogP contribution < -0.4 is 13.9 Å². The number of benzene rings is 3. The van der Waals surface area contributed by atoms with Gasteiger partial charge in [-0.2, -0.15) is 4.31 Å². The Hall–Kier alpha value is -3.36. The van der Waals surface area contributed by atoms with Crippen molar-refractivity contribution < 1.29 is 22.7 Å². The van der Waals surface area contributed by atoms with Crippen molar-refractivity contribution in [2.45, 2.75) is 4.90 Å². The van der Waals surface area contributed by atoms with Gasteiger partial charge in [-0.1, -0.05) is 35.9 Å². The van der Waals surface area contributed by atoms with Gasteiger partial charge in [0.2, 0.25) is 0 Å². The van der Waals surface area contributed by atoms with E-state index in [1.54, 1.807) is 54.6 Å². The molecular weight excluding hydrogens is 440 g/mol. The Labute approximate surface area is 184 Å². The maximum Gasteiger partial charge on any atom is 0.343 e. The van der Waals surface area contributed by atoms with E-state index in [1.807, 2.05) is 0 Å². The number of para-hydroxylation sites is 3. The van der Waals surface area contributed by atoms with Crippen LogP contribution in [0.25, 0.3) is 0 Å². The molecule has 0 spiro atoms. The van der Waals surface area contributed by atoms with E-state index in [9.17, 15) is 18.0 Å². The average molecular weight is 457 g/mol. The lowest BCUT2D eigenvalue weighted by Gasteiger charge is -2.36. The Morgan fingerprint density at radius 1 is 0.935 bits per heavy atom. The first-order chi connectivity index (χ1) is 14.8. The van der Waals surface area contributed by atoms with Gasteiger partial charge in [0.05, 0.1) is 19.3 Å². The third kappa shape index (κ3) is 3.64. The van der Waals surface area contributed by atoms with E-state index < -0.39 is 16.1 Å². The number of amides is 2. The lowest BCUT2D eigenvalue weighted by molar-refractivity contribution is 0.0999. The molecule has 1 aliphatic heterocycles. The molecule has 1 heterocycles. The standard InChI is InChI=1S/C22H17ClN2O5S/c1-30-20-8-4-2-6-17(20)25-22(27)24(14-19(26)15-10-12-16(23)13-11-15)18-7-3-5-9-21(18)31(25,28)29/h2-13H,14H2,1H3. The highest BCUT2D eigenvalue weighted by Crippen LogP contribution is 2.40. The molecule has 4 rings (SSSR count). The third-order valence-corrected chi connectivity index (χ3v) is 6.84. The predicted molar refractivity (Wildman–Crippen MR) is 118 cm³/mol. The van der Waals surface area contributed by atoms with Gasteiger partial charge in [-0.25, -0.2) is 13.2 Å². The maximum absolute atomic E-state index is 13.4. The van der Waals surface area contributed by atoms with Crippen molar-refractivity contribution in [3.63, 3.8) is 0 Å². The van der Waals surface area contributed by atoms with Gasteiger partial charge in [-0.05, 0) is 48.5 Å². The largest absolute Gasteiger partial charge is 0.495 e. The molecule has 31 heavy (non-hydrogen) atoms. The minimum absolute atomic E-state index is 0.0634. The molecule has 0 N–H and O–H groups in total. The Morgan fingerprint density at radius 3 is 2.23 bits per heavy atom. The summed E-state index contributed by atoms with van der Waals surface area (Å²) in [5.74, 6) is -0.151. The second-order valence-electron chi connectivity index (χ2n) is 6.71. The molecule has 3 aromatic rings. The van der Waals surface area contributed by atoms with E-state index in [4.69, 9.17) is 16.3 Å². The molecule has 2 amide bonds. The van der Waals surface area contributed by atoms with Crippen LogP contribution in [0, 0.1) is 0 Å². The van der Waals surface area contributed by atoms with E-state index in [2.05, 4.69) is 0 Å². The maximum atomic E-state index is 13.4. The second kappa shape index (κ2) is 8.05. The third-order valence-electron chi connectivity index (χ3n) is 4.85. The average Bonchev–Trinajstić information content (AvgIpc) is 2.77. The van der Waals surface area contributed by atoms with Crippen molar-refractivity contribution in [3.8, 4) is 5.75 Å². The molecule has 0 unspecified atom stereocenters. The molecule has 0 saturated carbocycles. The summed E-state index contributed by atoms with van der Waals surface area (Å²) in [6.07, 6.45) is 0. The van der Waals surface area contributed by atoms with Gasteiger partial charge in [-0.15, -0.1) is 0 Å². The van der Waals surface area contributed by atoms with Crippen molar-refractivity contribution in [1.82, 2.24) is 0 Å². The van der Waals surface area contributed by atoms with Crippen molar-refractivity contribution in [2.75, 3.05) is 22.9 Å². The van der Waals surface area contributed by atoms with Crippen LogP contribution in [0.3, 0.4) is 0 Å². The first kappa shape index (κ1) is 20.9. The van der Waals surface area contributed by atoms with E-state index in [1.165, 1.54) is 25.3 Å². The molecule has 9 heteroatoms. The van der Waals surface area contributed by atoms with Gasteiger partial charge in [0.1, 0.15) is 16.3 Å². The summed E-state index contributed by atoms with van der Waals surface area (Å²) in [6, 6.07) is 17.8. The predicted octanol–water partition coefficient (Wildman–Crippen LogP) is 4.37. The minimum atomic E-state index is -4.22. The van der Waals surface area contributed by atoms with Gasteiger partial charge in [0.15, 0.2) is 5.78 Å². The molecule has 7 nitrogen and oxygen atoms in total. The van der Waals surface area contributed by atoms with Gasteiger partial charge >= 0.3 is 6.03 Å². The van der Waals surface area contributed by atoms with Gasteiger partial charge in [0, 0.05) is 10.6 Å². The summed E-state index contributed by atoms with van der Waals surface area (Å²) < 4.78 is 32.6. The zero-order valence-corrected chi connectivity index (χ0v) is 17.9. The topological polar surface area (TPSA) is 84.0 Å². The number of rotatable bonds is 5. The fraction of sp³-hybridized carbons (Fsp3) is 0.0909. The van der Waals surface area contributed by atoms with Crippen molar-refractivity contribution >= 4 is 44.8 Å². The summed E-state index contributed by atoms with van der Waals surface area (Å²) in [4.78, 5) is 27.4. The van der Waals surface area contributed by atoms with Crippen molar-refractivity contribution in [3.05, 3.63) is 83.4 Å². The first-order valence-electron chi connectivity index (χ1n) is 9.22. The van der Waals surface area contributed by atoms with E-state index in [-0.39, 0.29) is 34.3 Å². The number of methoxy groups -OCH3 is 1. The number of ketones is 1. The Bertz CT molecular complexity index is 1280. The second-order valence-corrected chi connectivity index (χ2v) is 8.90. The quantitative estimate of drug-likeness (QED) is 0.532. The highest BCUT2D eigenvalue weighted by molar-refractivity contribution is 7.94. The molecule has 0 aliphatic carbocycles. The number of hydrogen-bond donors (Lipinski definition) is 0. The van der Waals surface area contributed by atoms with Gasteiger partial charge in [0.25, 0.3) is 10.0 Å². The number of sulfonamides is 1. The number of Topliss-reactive ketones (excluding diaryl/α,β-unsaturated/α-hetero) is 1. The normalized spacial score (nSPS) is 14.8. The van der Waals surface area contributed by atoms with Crippen LogP contribution in [0.1, 0.15) is 10.4 Å². The number of urea groups is 1. The lowest BCUT2D eigenvalue weighted by atomic mass is 10.1. The lowest BCUT2D eigenvalue weighted by Crippen LogP contribution is -2.52. The Morgan fingerprint density at radius 2 is 1.55 bits per heavy atom.